The van der Waals surface area contributed by atoms with Crippen LogP contribution in [0, 0.1) is 0 Å². The highest BCUT2D eigenvalue weighted by Crippen LogP contribution is 2.17. The second-order valence-electron chi connectivity index (χ2n) is 7.10. The summed E-state index contributed by atoms with van der Waals surface area (Å²) < 4.78 is 5.42. The van der Waals surface area contributed by atoms with Crippen LogP contribution in [0.25, 0.3) is 0 Å². The fraction of sp³-hybridized carbons (Fsp3) is 0.435. The van der Waals surface area contributed by atoms with Crippen molar-refractivity contribution >= 4 is 11.6 Å². The minimum Gasteiger partial charge on any atom is -0.388 e. The molecule has 0 amide bonds. The van der Waals surface area contributed by atoms with Crippen LogP contribution < -0.4 is 15.5 Å². The topological polar surface area (TPSA) is 69.1 Å². The molecule has 3 rings (SSSR count). The van der Waals surface area contributed by atoms with Crippen molar-refractivity contribution in [3.63, 3.8) is 0 Å². The summed E-state index contributed by atoms with van der Waals surface area (Å²) in [5, 5.41) is 16.9. The zero-order valence-electron chi connectivity index (χ0n) is 17.2. The number of morpholine rings is 1. The quantitative estimate of drug-likeness (QED) is 0.473. The molecule has 6 nitrogen and oxygen atoms in total. The molecule has 6 heteroatoms. The monoisotopic (exact) mass is 396 g/mol. The van der Waals surface area contributed by atoms with E-state index in [9.17, 15) is 5.11 Å². The molecular weight excluding hydrogens is 364 g/mol. The van der Waals surface area contributed by atoms with Gasteiger partial charge in [0.25, 0.3) is 0 Å². The number of aliphatic imine (C=N–C) groups is 1. The second-order valence-corrected chi connectivity index (χ2v) is 7.10. The molecule has 0 aliphatic carbocycles. The van der Waals surface area contributed by atoms with Crippen LogP contribution in [0.3, 0.4) is 0 Å². The molecule has 2 aromatic rings. The molecule has 0 spiro atoms. The third-order valence-electron chi connectivity index (χ3n) is 4.97. The lowest BCUT2D eigenvalue weighted by Crippen LogP contribution is -2.38. The Hall–Kier alpha value is -2.57. The maximum atomic E-state index is 10.3. The second kappa shape index (κ2) is 11.4. The fourth-order valence-electron chi connectivity index (χ4n) is 3.31. The Bertz CT molecular complexity index is 743. The molecule has 156 valence electrons. The zero-order valence-corrected chi connectivity index (χ0v) is 17.2. The van der Waals surface area contributed by atoms with E-state index in [2.05, 4.69) is 44.8 Å². The number of anilines is 1. The number of hydrogen-bond donors (Lipinski definition) is 3. The molecule has 1 fully saturated rings. The summed E-state index contributed by atoms with van der Waals surface area (Å²) in [5.74, 6) is 0.769. The number of benzene rings is 2. The Kier molecular flexibility index (Phi) is 8.34. The Labute approximate surface area is 173 Å². The molecule has 1 aliphatic heterocycles. The van der Waals surface area contributed by atoms with Crippen molar-refractivity contribution in [2.24, 2.45) is 4.99 Å². The largest absolute Gasteiger partial charge is 0.388 e. The molecule has 0 bridgehead atoms. The Morgan fingerprint density at radius 3 is 2.48 bits per heavy atom. The summed E-state index contributed by atoms with van der Waals surface area (Å²) in [6, 6.07) is 18.3. The van der Waals surface area contributed by atoms with Gasteiger partial charge in [0.15, 0.2) is 5.96 Å². The van der Waals surface area contributed by atoms with E-state index in [4.69, 9.17) is 4.74 Å². The molecule has 3 N–H and O–H groups in total. The van der Waals surface area contributed by atoms with Gasteiger partial charge in [0.1, 0.15) is 0 Å². The average Bonchev–Trinajstić information content (AvgIpc) is 2.79. The van der Waals surface area contributed by atoms with Crippen LogP contribution in [0.4, 0.5) is 5.69 Å². The molecule has 0 saturated carbocycles. The number of ether oxygens (including phenoxy) is 1. The summed E-state index contributed by atoms with van der Waals surface area (Å²) in [4.78, 5) is 7.02. The summed E-state index contributed by atoms with van der Waals surface area (Å²) in [7, 11) is 0. The fourth-order valence-corrected chi connectivity index (χ4v) is 3.31. The molecule has 1 saturated heterocycles. The highest BCUT2D eigenvalue weighted by molar-refractivity contribution is 5.79. The van der Waals surface area contributed by atoms with Gasteiger partial charge in [0, 0.05) is 31.9 Å². The first-order chi connectivity index (χ1) is 14.3. The van der Waals surface area contributed by atoms with Gasteiger partial charge in [-0.15, -0.1) is 0 Å². The minimum absolute atomic E-state index is 0.473. The molecule has 1 aliphatic rings. The number of aliphatic hydroxyl groups excluding tert-OH is 1. The van der Waals surface area contributed by atoms with Crippen LogP contribution in [0.1, 0.15) is 30.6 Å². The van der Waals surface area contributed by atoms with E-state index in [1.54, 1.807) is 0 Å². The normalized spacial score (nSPS) is 15.8. The molecule has 1 atom stereocenters. The molecule has 1 heterocycles. The van der Waals surface area contributed by atoms with Gasteiger partial charge >= 0.3 is 0 Å². The van der Waals surface area contributed by atoms with Gasteiger partial charge in [-0.25, -0.2) is 4.99 Å². The van der Waals surface area contributed by atoms with Gasteiger partial charge in [0.2, 0.25) is 0 Å². The van der Waals surface area contributed by atoms with E-state index < -0.39 is 6.10 Å². The standard InChI is InChI=1S/C23H32N4O2/c1-2-24-23(25-13-12-22(28)20-6-4-3-5-7-20)26-18-19-8-10-21(11-9-19)27-14-16-29-17-15-27/h3-11,22,28H,2,12-18H2,1H3,(H2,24,25,26). The average molecular weight is 397 g/mol. The Balaban J connectivity index is 1.49. The summed E-state index contributed by atoms with van der Waals surface area (Å²) in [6.45, 7) is 7.58. The van der Waals surface area contributed by atoms with Crippen LogP contribution in [0.5, 0.6) is 0 Å². The predicted octanol–water partition coefficient (Wildman–Crippen LogP) is 2.70. The lowest BCUT2D eigenvalue weighted by molar-refractivity contribution is 0.122. The summed E-state index contributed by atoms with van der Waals surface area (Å²) in [5.41, 5.74) is 3.35. The predicted molar refractivity (Wildman–Crippen MR) is 118 cm³/mol. The highest BCUT2D eigenvalue weighted by Gasteiger charge is 2.11. The van der Waals surface area contributed by atoms with Crippen LogP contribution in [0.15, 0.2) is 59.6 Å². The number of guanidine groups is 1. The van der Waals surface area contributed by atoms with E-state index >= 15 is 0 Å². The SMILES string of the molecule is CCNC(=NCc1ccc(N2CCOCC2)cc1)NCCC(O)c1ccccc1. The number of aliphatic hydroxyl groups is 1. The van der Waals surface area contributed by atoms with Crippen molar-refractivity contribution in [3.8, 4) is 0 Å². The van der Waals surface area contributed by atoms with Gasteiger partial charge in [-0.05, 0) is 36.6 Å². The third-order valence-corrected chi connectivity index (χ3v) is 4.97. The number of rotatable bonds is 8. The van der Waals surface area contributed by atoms with E-state index in [0.29, 0.717) is 19.5 Å². The van der Waals surface area contributed by atoms with Gasteiger partial charge in [-0.1, -0.05) is 42.5 Å². The zero-order chi connectivity index (χ0) is 20.3. The van der Waals surface area contributed by atoms with Gasteiger partial charge in [0.05, 0.1) is 25.9 Å². The smallest absolute Gasteiger partial charge is 0.191 e. The van der Waals surface area contributed by atoms with Crippen molar-refractivity contribution in [2.45, 2.75) is 26.0 Å². The summed E-state index contributed by atoms with van der Waals surface area (Å²) in [6.07, 6.45) is 0.155. The minimum atomic E-state index is -0.473. The van der Waals surface area contributed by atoms with Crippen molar-refractivity contribution in [1.29, 1.82) is 0 Å². The number of nitrogens with one attached hydrogen (secondary N) is 2. The molecular formula is C23H32N4O2. The van der Waals surface area contributed by atoms with Gasteiger partial charge in [-0.3, -0.25) is 0 Å². The van der Waals surface area contributed by atoms with E-state index in [-0.39, 0.29) is 0 Å². The van der Waals surface area contributed by atoms with Crippen LogP contribution in [0.2, 0.25) is 0 Å². The van der Waals surface area contributed by atoms with E-state index in [0.717, 1.165) is 44.4 Å². The van der Waals surface area contributed by atoms with Crippen molar-refractivity contribution < 1.29 is 9.84 Å². The highest BCUT2D eigenvalue weighted by atomic mass is 16.5. The molecule has 29 heavy (non-hydrogen) atoms. The van der Waals surface area contributed by atoms with Gasteiger partial charge in [-0.2, -0.15) is 0 Å². The molecule has 0 aromatic heterocycles. The van der Waals surface area contributed by atoms with E-state index in [1.165, 1.54) is 11.3 Å². The maximum absolute atomic E-state index is 10.3. The first-order valence-corrected chi connectivity index (χ1v) is 10.4. The number of nitrogens with zero attached hydrogens (tertiary/aromatic N) is 2. The van der Waals surface area contributed by atoms with Gasteiger partial charge < -0.3 is 25.4 Å². The first-order valence-electron chi connectivity index (χ1n) is 10.4. The molecule has 2 aromatic carbocycles. The van der Waals surface area contributed by atoms with E-state index in [1.807, 2.05) is 37.3 Å². The molecule has 1 unspecified atom stereocenters. The van der Waals surface area contributed by atoms with Crippen molar-refractivity contribution in [1.82, 2.24) is 10.6 Å². The Morgan fingerprint density at radius 2 is 1.79 bits per heavy atom. The van der Waals surface area contributed by atoms with Crippen molar-refractivity contribution in [2.75, 3.05) is 44.3 Å². The lowest BCUT2D eigenvalue weighted by Gasteiger charge is -2.28. The Morgan fingerprint density at radius 1 is 1.07 bits per heavy atom. The van der Waals surface area contributed by atoms with Crippen LogP contribution in [-0.2, 0) is 11.3 Å². The van der Waals surface area contributed by atoms with Crippen molar-refractivity contribution in [3.05, 3.63) is 65.7 Å². The molecule has 0 radical (unpaired) electrons. The summed E-state index contributed by atoms with van der Waals surface area (Å²) >= 11 is 0. The van der Waals surface area contributed by atoms with Crippen LogP contribution >= 0.6 is 0 Å². The third kappa shape index (κ3) is 6.76. The lowest BCUT2D eigenvalue weighted by atomic mass is 10.1. The maximum Gasteiger partial charge on any atom is 0.191 e. The number of hydrogen-bond acceptors (Lipinski definition) is 4. The van der Waals surface area contributed by atoms with Crippen LogP contribution in [-0.4, -0.2) is 50.5 Å². The first kappa shape index (κ1) is 21.1.